The van der Waals surface area contributed by atoms with Gasteiger partial charge in [-0.05, 0) is 12.8 Å². The minimum Gasteiger partial charge on any atom is -0.453 e. The lowest BCUT2D eigenvalue weighted by molar-refractivity contribution is -0.126. The van der Waals surface area contributed by atoms with Gasteiger partial charge in [0.05, 0.1) is 19.2 Å². The van der Waals surface area contributed by atoms with Crippen LogP contribution in [0.4, 0.5) is 4.79 Å². The number of fused-ring (bicyclic) bond motifs is 1. The van der Waals surface area contributed by atoms with Crippen molar-refractivity contribution in [3.8, 4) is 0 Å². The number of nitrogens with one attached hydrogen (secondary N) is 1. The molecule has 5 heteroatoms. The number of ether oxygens (including phenoxy) is 1. The first-order valence-corrected chi connectivity index (χ1v) is 5.03. The highest BCUT2D eigenvalue weighted by molar-refractivity contribution is 5.84. The first-order chi connectivity index (χ1) is 7.22. The second-order valence-corrected chi connectivity index (χ2v) is 3.76. The maximum Gasteiger partial charge on any atom is 0.410 e. The molecule has 1 aliphatic carbocycles. The number of amides is 2. The van der Waals surface area contributed by atoms with E-state index in [-0.39, 0.29) is 24.5 Å². The summed E-state index contributed by atoms with van der Waals surface area (Å²) in [6.07, 6.45) is 5.36. The van der Waals surface area contributed by atoms with E-state index in [1.54, 1.807) is 0 Å². The molecule has 1 fully saturated rings. The van der Waals surface area contributed by atoms with Gasteiger partial charge in [-0.25, -0.2) is 4.79 Å². The molecule has 0 unspecified atom stereocenters. The van der Waals surface area contributed by atoms with Gasteiger partial charge in [0.15, 0.2) is 0 Å². The Kier molecular flexibility index (Phi) is 2.62. The van der Waals surface area contributed by atoms with Crippen LogP contribution in [0.25, 0.3) is 0 Å². The van der Waals surface area contributed by atoms with Gasteiger partial charge in [-0.15, -0.1) is 0 Å². The van der Waals surface area contributed by atoms with Crippen molar-refractivity contribution < 1.29 is 14.3 Å². The molecule has 0 aromatic carbocycles. The number of piperazine rings is 1. The molecule has 2 aliphatic rings. The third-order valence-corrected chi connectivity index (χ3v) is 2.84. The Morgan fingerprint density at radius 1 is 1.67 bits per heavy atom. The molecule has 0 spiro atoms. The standard InChI is InChI=1S/C10H14N2O3/c1-15-10(14)12-6-9(13)11-7-4-2-3-5-8(7)12/h2,4,7-8H,3,5-6H2,1H3,(H,11,13)/t7-,8+/m1/s1. The van der Waals surface area contributed by atoms with Crippen LogP contribution in [0, 0.1) is 0 Å². The summed E-state index contributed by atoms with van der Waals surface area (Å²) in [5, 5.41) is 2.85. The third-order valence-electron chi connectivity index (χ3n) is 2.84. The molecule has 1 N–H and O–H groups in total. The van der Waals surface area contributed by atoms with Crippen LogP contribution < -0.4 is 5.32 Å². The van der Waals surface area contributed by atoms with Crippen molar-refractivity contribution in [2.75, 3.05) is 13.7 Å². The van der Waals surface area contributed by atoms with Gasteiger partial charge in [-0.3, -0.25) is 9.69 Å². The predicted molar refractivity (Wildman–Crippen MR) is 53.2 cm³/mol. The first kappa shape index (κ1) is 10.0. The Morgan fingerprint density at radius 3 is 3.20 bits per heavy atom. The molecule has 1 saturated heterocycles. The number of methoxy groups -OCH3 is 1. The van der Waals surface area contributed by atoms with Gasteiger partial charge < -0.3 is 10.1 Å². The summed E-state index contributed by atoms with van der Waals surface area (Å²) < 4.78 is 4.67. The molecule has 0 aromatic heterocycles. The molecular formula is C10H14N2O3. The minimum atomic E-state index is -0.421. The highest BCUT2D eigenvalue weighted by Gasteiger charge is 2.37. The van der Waals surface area contributed by atoms with Crippen molar-refractivity contribution in [2.45, 2.75) is 24.9 Å². The predicted octanol–water partition coefficient (Wildman–Crippen LogP) is 0.272. The number of carbonyl (C=O) groups is 2. The largest absolute Gasteiger partial charge is 0.453 e. The summed E-state index contributed by atoms with van der Waals surface area (Å²) in [5.74, 6) is -0.131. The number of rotatable bonds is 0. The van der Waals surface area contributed by atoms with Crippen LogP contribution in [0.5, 0.6) is 0 Å². The molecule has 82 valence electrons. The highest BCUT2D eigenvalue weighted by atomic mass is 16.5. The summed E-state index contributed by atoms with van der Waals surface area (Å²) in [6, 6.07) is -0.0146. The Bertz CT molecular complexity index is 314. The van der Waals surface area contributed by atoms with Crippen LogP contribution in [-0.2, 0) is 9.53 Å². The fourth-order valence-corrected chi connectivity index (χ4v) is 2.13. The second-order valence-electron chi connectivity index (χ2n) is 3.76. The van der Waals surface area contributed by atoms with E-state index in [4.69, 9.17) is 0 Å². The zero-order chi connectivity index (χ0) is 10.8. The van der Waals surface area contributed by atoms with Crippen molar-refractivity contribution in [1.29, 1.82) is 0 Å². The molecule has 2 rings (SSSR count). The zero-order valence-corrected chi connectivity index (χ0v) is 8.60. The lowest BCUT2D eigenvalue weighted by Crippen LogP contribution is -2.61. The summed E-state index contributed by atoms with van der Waals surface area (Å²) in [6.45, 7) is 0.0989. The van der Waals surface area contributed by atoms with Gasteiger partial charge in [0.2, 0.25) is 5.91 Å². The van der Waals surface area contributed by atoms with E-state index in [2.05, 4.69) is 10.1 Å². The smallest absolute Gasteiger partial charge is 0.410 e. The van der Waals surface area contributed by atoms with E-state index >= 15 is 0 Å². The maximum absolute atomic E-state index is 11.5. The Hall–Kier alpha value is -1.52. The van der Waals surface area contributed by atoms with E-state index in [1.807, 2.05) is 12.2 Å². The molecule has 5 nitrogen and oxygen atoms in total. The molecule has 1 aliphatic heterocycles. The molecule has 0 aromatic rings. The van der Waals surface area contributed by atoms with Crippen LogP contribution in [-0.4, -0.2) is 42.6 Å². The SMILES string of the molecule is COC(=O)N1CC(=O)N[C@@H]2C=CCC[C@@H]21. The van der Waals surface area contributed by atoms with Crippen molar-refractivity contribution in [2.24, 2.45) is 0 Å². The first-order valence-electron chi connectivity index (χ1n) is 5.03. The van der Waals surface area contributed by atoms with Crippen LogP contribution in [0.15, 0.2) is 12.2 Å². The number of hydrogen-bond donors (Lipinski definition) is 1. The molecule has 0 saturated carbocycles. The monoisotopic (exact) mass is 210 g/mol. The fraction of sp³-hybridized carbons (Fsp3) is 0.600. The summed E-state index contributed by atoms with van der Waals surface area (Å²) in [5.41, 5.74) is 0. The van der Waals surface area contributed by atoms with Gasteiger partial charge in [0.25, 0.3) is 0 Å². The molecule has 1 heterocycles. The van der Waals surface area contributed by atoms with Crippen molar-refractivity contribution in [3.05, 3.63) is 12.2 Å². The number of allylic oxidation sites excluding steroid dienone is 1. The summed E-state index contributed by atoms with van der Waals surface area (Å²) >= 11 is 0. The van der Waals surface area contributed by atoms with Crippen LogP contribution in [0.3, 0.4) is 0 Å². The van der Waals surface area contributed by atoms with E-state index in [1.165, 1.54) is 12.0 Å². The van der Waals surface area contributed by atoms with Crippen molar-refractivity contribution in [3.63, 3.8) is 0 Å². The average molecular weight is 210 g/mol. The average Bonchev–Trinajstić information content (AvgIpc) is 2.26. The summed E-state index contributed by atoms with van der Waals surface area (Å²) in [4.78, 5) is 24.3. The molecule has 0 bridgehead atoms. The number of nitrogens with zero attached hydrogens (tertiary/aromatic N) is 1. The van der Waals surface area contributed by atoms with Gasteiger partial charge in [0, 0.05) is 0 Å². The highest BCUT2D eigenvalue weighted by Crippen LogP contribution is 2.21. The Morgan fingerprint density at radius 2 is 2.47 bits per heavy atom. The fourth-order valence-electron chi connectivity index (χ4n) is 2.13. The molecule has 2 amide bonds. The maximum atomic E-state index is 11.5. The van der Waals surface area contributed by atoms with Gasteiger partial charge >= 0.3 is 6.09 Å². The van der Waals surface area contributed by atoms with Gasteiger partial charge in [-0.2, -0.15) is 0 Å². The van der Waals surface area contributed by atoms with Crippen molar-refractivity contribution >= 4 is 12.0 Å². The lowest BCUT2D eigenvalue weighted by Gasteiger charge is -2.40. The normalized spacial score (nSPS) is 29.4. The summed E-state index contributed by atoms with van der Waals surface area (Å²) in [7, 11) is 1.34. The quantitative estimate of drug-likeness (QED) is 0.584. The Labute approximate surface area is 88.1 Å². The van der Waals surface area contributed by atoms with E-state index in [0.717, 1.165) is 12.8 Å². The van der Waals surface area contributed by atoms with Gasteiger partial charge in [0.1, 0.15) is 6.54 Å². The zero-order valence-electron chi connectivity index (χ0n) is 8.60. The number of carbonyl (C=O) groups excluding carboxylic acids is 2. The molecular weight excluding hydrogens is 196 g/mol. The third kappa shape index (κ3) is 1.82. The lowest BCUT2D eigenvalue weighted by atomic mass is 9.93. The Balaban J connectivity index is 2.18. The second kappa shape index (κ2) is 3.92. The minimum absolute atomic E-state index is 0.0418. The molecule has 2 atom stereocenters. The van der Waals surface area contributed by atoms with Crippen LogP contribution in [0.1, 0.15) is 12.8 Å². The van der Waals surface area contributed by atoms with Gasteiger partial charge in [-0.1, -0.05) is 12.2 Å². The van der Waals surface area contributed by atoms with E-state index in [0.29, 0.717) is 0 Å². The molecule has 15 heavy (non-hydrogen) atoms. The van der Waals surface area contributed by atoms with Crippen LogP contribution >= 0.6 is 0 Å². The van der Waals surface area contributed by atoms with Crippen molar-refractivity contribution in [1.82, 2.24) is 10.2 Å². The van der Waals surface area contributed by atoms with Crippen LogP contribution in [0.2, 0.25) is 0 Å². The number of hydrogen-bond acceptors (Lipinski definition) is 3. The molecule has 0 radical (unpaired) electrons. The van der Waals surface area contributed by atoms with E-state index in [9.17, 15) is 9.59 Å². The van der Waals surface area contributed by atoms with E-state index < -0.39 is 6.09 Å². The topological polar surface area (TPSA) is 58.6 Å².